The fraction of sp³-hybridized carbons (Fsp3) is 0.0769. The van der Waals surface area contributed by atoms with E-state index in [1.165, 1.54) is 12.1 Å². The minimum absolute atomic E-state index is 0.304. The third-order valence-corrected chi connectivity index (χ3v) is 2.82. The molecule has 0 unspecified atom stereocenters. The van der Waals surface area contributed by atoms with E-state index >= 15 is 0 Å². The zero-order valence-corrected chi connectivity index (χ0v) is 9.14. The summed E-state index contributed by atoms with van der Waals surface area (Å²) in [7, 11) is 0. The highest BCUT2D eigenvalue weighted by molar-refractivity contribution is 6.34. The largest absolute Gasteiger partial charge is 0.246 e. The van der Waals surface area contributed by atoms with Gasteiger partial charge in [-0.05, 0) is 17.7 Å². The van der Waals surface area contributed by atoms with E-state index in [4.69, 9.17) is 11.6 Å². The van der Waals surface area contributed by atoms with Crippen molar-refractivity contribution in [2.24, 2.45) is 0 Å². The van der Waals surface area contributed by atoms with Gasteiger partial charge in [0.2, 0.25) is 0 Å². The van der Waals surface area contributed by atoms with Gasteiger partial charge in [0.25, 0.3) is 0 Å². The van der Waals surface area contributed by atoms with Crippen molar-refractivity contribution in [2.75, 3.05) is 0 Å². The Morgan fingerprint density at radius 3 is 2.31 bits per heavy atom. The van der Waals surface area contributed by atoms with Crippen molar-refractivity contribution in [3.05, 3.63) is 58.9 Å². The molecule has 0 aliphatic carbocycles. The Hall–Kier alpha value is -1.41. The van der Waals surface area contributed by atoms with Gasteiger partial charge in [0.15, 0.2) is 0 Å². The van der Waals surface area contributed by atoms with Crippen molar-refractivity contribution >= 4 is 11.6 Å². The van der Waals surface area contributed by atoms with Crippen LogP contribution in [0.5, 0.6) is 0 Å². The molecule has 0 spiro atoms. The lowest BCUT2D eigenvalue weighted by Gasteiger charge is -2.07. The van der Waals surface area contributed by atoms with Crippen molar-refractivity contribution in [1.82, 2.24) is 0 Å². The Kier molecular flexibility index (Phi) is 3.20. The van der Waals surface area contributed by atoms with E-state index in [0.717, 1.165) is 11.1 Å². The van der Waals surface area contributed by atoms with E-state index < -0.39 is 6.67 Å². The highest BCUT2D eigenvalue weighted by Crippen LogP contribution is 2.31. The molecule has 2 aromatic carbocycles. The van der Waals surface area contributed by atoms with Gasteiger partial charge in [0.05, 0.1) is 5.02 Å². The van der Waals surface area contributed by atoms with Gasteiger partial charge in [0, 0.05) is 11.1 Å². The number of rotatable bonds is 2. The molecule has 0 aliphatic heterocycles. The number of halogens is 3. The fourth-order valence-corrected chi connectivity index (χ4v) is 1.82. The molecule has 0 heterocycles. The predicted octanol–water partition coefficient (Wildman–Crippen LogP) is 4.62. The van der Waals surface area contributed by atoms with Crippen LogP contribution < -0.4 is 0 Å². The number of hydrogen-bond donors (Lipinski definition) is 0. The lowest BCUT2D eigenvalue weighted by molar-refractivity contribution is 0.485. The summed E-state index contributed by atoms with van der Waals surface area (Å²) in [4.78, 5) is 0. The van der Waals surface area contributed by atoms with Crippen LogP contribution >= 0.6 is 11.6 Å². The molecule has 0 aliphatic rings. The molecule has 0 radical (unpaired) electrons. The van der Waals surface area contributed by atoms with Gasteiger partial charge in [0.1, 0.15) is 12.5 Å². The molecule has 16 heavy (non-hydrogen) atoms. The third kappa shape index (κ3) is 2.07. The molecule has 0 aromatic heterocycles. The van der Waals surface area contributed by atoms with Gasteiger partial charge in [-0.2, -0.15) is 0 Å². The Labute approximate surface area is 97.5 Å². The summed E-state index contributed by atoms with van der Waals surface area (Å²) in [5, 5.41) is 0.386. The van der Waals surface area contributed by atoms with Crippen molar-refractivity contribution in [3.63, 3.8) is 0 Å². The van der Waals surface area contributed by atoms with Gasteiger partial charge in [-0.3, -0.25) is 0 Å². The van der Waals surface area contributed by atoms with Crippen LogP contribution in [-0.4, -0.2) is 0 Å². The summed E-state index contributed by atoms with van der Waals surface area (Å²) in [5.74, 6) is -0.304. The second kappa shape index (κ2) is 4.62. The first-order valence-corrected chi connectivity index (χ1v) is 5.19. The quantitative estimate of drug-likeness (QED) is 0.716. The summed E-state index contributed by atoms with van der Waals surface area (Å²) in [6.45, 7) is -0.603. The second-order valence-electron chi connectivity index (χ2n) is 3.42. The smallest absolute Gasteiger partial charge is 0.123 e. The lowest BCUT2D eigenvalue weighted by Crippen LogP contribution is -1.86. The van der Waals surface area contributed by atoms with E-state index in [2.05, 4.69) is 0 Å². The maximum Gasteiger partial charge on any atom is 0.123 e. The molecule has 2 aromatic rings. The Morgan fingerprint density at radius 2 is 1.69 bits per heavy atom. The van der Waals surface area contributed by atoms with E-state index in [1.54, 1.807) is 30.3 Å². The van der Waals surface area contributed by atoms with Crippen LogP contribution in [0.3, 0.4) is 0 Å². The van der Waals surface area contributed by atoms with Crippen molar-refractivity contribution in [1.29, 1.82) is 0 Å². The second-order valence-corrected chi connectivity index (χ2v) is 3.80. The highest BCUT2D eigenvalue weighted by atomic mass is 35.5. The normalized spacial score (nSPS) is 10.4. The molecule has 0 saturated carbocycles. The molecule has 0 saturated heterocycles. The Balaban J connectivity index is 2.51. The van der Waals surface area contributed by atoms with Crippen LogP contribution in [-0.2, 0) is 6.67 Å². The van der Waals surface area contributed by atoms with Crippen LogP contribution in [0, 0.1) is 5.82 Å². The molecule has 0 atom stereocenters. The van der Waals surface area contributed by atoms with Crippen LogP contribution in [0.25, 0.3) is 11.1 Å². The van der Waals surface area contributed by atoms with Crippen LogP contribution in [0.2, 0.25) is 5.02 Å². The molecule has 0 nitrogen and oxygen atoms in total. The SMILES string of the molecule is FCc1cccc(-c2ccc(F)cc2)c1Cl. The van der Waals surface area contributed by atoms with Gasteiger partial charge < -0.3 is 0 Å². The van der Waals surface area contributed by atoms with Crippen LogP contribution in [0.15, 0.2) is 42.5 Å². The topological polar surface area (TPSA) is 0 Å². The first-order valence-electron chi connectivity index (χ1n) is 4.81. The van der Waals surface area contributed by atoms with Crippen LogP contribution in [0.1, 0.15) is 5.56 Å². The molecule has 0 bridgehead atoms. The summed E-state index contributed by atoms with van der Waals surface area (Å²) in [6.07, 6.45) is 0. The maximum atomic E-state index is 12.8. The van der Waals surface area contributed by atoms with E-state index in [-0.39, 0.29) is 5.82 Å². The standard InChI is InChI=1S/C13H9ClF2/c14-13-10(8-15)2-1-3-12(13)9-4-6-11(16)7-5-9/h1-7H,8H2. The summed E-state index contributed by atoms with van der Waals surface area (Å²) in [6, 6.07) is 11.1. The average Bonchev–Trinajstić information content (AvgIpc) is 2.31. The summed E-state index contributed by atoms with van der Waals surface area (Å²) >= 11 is 6.05. The van der Waals surface area contributed by atoms with Crippen molar-refractivity contribution < 1.29 is 8.78 Å². The summed E-state index contributed by atoms with van der Waals surface area (Å²) in [5.41, 5.74) is 1.95. The molecule has 0 fully saturated rings. The molecular formula is C13H9ClF2. The highest BCUT2D eigenvalue weighted by Gasteiger charge is 2.07. The van der Waals surface area contributed by atoms with Gasteiger partial charge >= 0.3 is 0 Å². The fourth-order valence-electron chi connectivity index (χ4n) is 1.54. The van der Waals surface area contributed by atoms with Gasteiger partial charge in [-0.25, -0.2) is 8.78 Å². The number of benzene rings is 2. The molecule has 0 amide bonds. The minimum Gasteiger partial charge on any atom is -0.246 e. The molecule has 3 heteroatoms. The average molecular weight is 239 g/mol. The molecule has 82 valence electrons. The monoisotopic (exact) mass is 238 g/mol. The van der Waals surface area contributed by atoms with E-state index in [9.17, 15) is 8.78 Å². The zero-order valence-electron chi connectivity index (χ0n) is 8.38. The molecule has 2 rings (SSSR count). The number of hydrogen-bond acceptors (Lipinski definition) is 0. The van der Waals surface area contributed by atoms with Crippen molar-refractivity contribution in [3.8, 4) is 11.1 Å². The first-order chi connectivity index (χ1) is 7.72. The zero-order chi connectivity index (χ0) is 11.5. The van der Waals surface area contributed by atoms with Crippen LogP contribution in [0.4, 0.5) is 8.78 Å². The minimum atomic E-state index is -0.603. The molecular weight excluding hydrogens is 230 g/mol. The first kappa shape index (κ1) is 11.1. The van der Waals surface area contributed by atoms with E-state index in [0.29, 0.717) is 10.6 Å². The number of alkyl halides is 1. The maximum absolute atomic E-state index is 12.8. The van der Waals surface area contributed by atoms with Crippen molar-refractivity contribution in [2.45, 2.75) is 6.67 Å². The third-order valence-electron chi connectivity index (χ3n) is 2.38. The Morgan fingerprint density at radius 1 is 1.00 bits per heavy atom. The predicted molar refractivity (Wildman–Crippen MR) is 61.7 cm³/mol. The van der Waals surface area contributed by atoms with Gasteiger partial charge in [-0.1, -0.05) is 41.9 Å². The Bertz CT molecular complexity index is 492. The lowest BCUT2D eigenvalue weighted by atomic mass is 10.0. The summed E-state index contributed by atoms with van der Waals surface area (Å²) < 4.78 is 25.4. The van der Waals surface area contributed by atoms with E-state index in [1.807, 2.05) is 0 Å². The molecule has 0 N–H and O–H groups in total. The van der Waals surface area contributed by atoms with Gasteiger partial charge in [-0.15, -0.1) is 0 Å².